The number of nitrogens with one attached hydrogen (secondary N) is 1. The van der Waals surface area contributed by atoms with Crippen molar-refractivity contribution in [2.75, 3.05) is 6.54 Å². The van der Waals surface area contributed by atoms with Gasteiger partial charge in [-0.25, -0.2) is 0 Å². The van der Waals surface area contributed by atoms with E-state index in [9.17, 15) is 9.59 Å². The largest absolute Gasteiger partial charge is 0.360 e. The van der Waals surface area contributed by atoms with Gasteiger partial charge in [0.05, 0.1) is 0 Å². The maximum atomic E-state index is 12.9. The second-order valence-corrected chi connectivity index (χ2v) is 8.58. The number of nitrogens with zero attached hydrogens (tertiary/aromatic N) is 2. The van der Waals surface area contributed by atoms with Gasteiger partial charge >= 0.3 is 0 Å². The number of nitrogens with two attached hydrogens (primary N) is 1. The van der Waals surface area contributed by atoms with Crippen LogP contribution in [0.1, 0.15) is 80.5 Å². The van der Waals surface area contributed by atoms with Gasteiger partial charge in [0.15, 0.2) is 5.69 Å². The summed E-state index contributed by atoms with van der Waals surface area (Å²) >= 11 is 0. The van der Waals surface area contributed by atoms with Gasteiger partial charge in [-0.15, -0.1) is 0 Å². The molecule has 0 aromatic carbocycles. The van der Waals surface area contributed by atoms with Crippen LogP contribution in [-0.4, -0.2) is 46.5 Å². The fourth-order valence-electron chi connectivity index (χ4n) is 4.45. The van der Waals surface area contributed by atoms with Gasteiger partial charge in [-0.1, -0.05) is 5.16 Å². The summed E-state index contributed by atoms with van der Waals surface area (Å²) in [7, 11) is 0. The second-order valence-electron chi connectivity index (χ2n) is 8.58. The summed E-state index contributed by atoms with van der Waals surface area (Å²) in [6.45, 7) is 2.77. The number of carbonyl (C=O) groups is 2. The number of hydrogen-bond acceptors (Lipinski definition) is 5. The van der Waals surface area contributed by atoms with E-state index in [2.05, 4.69) is 17.4 Å². The van der Waals surface area contributed by atoms with Gasteiger partial charge in [0.1, 0.15) is 5.76 Å². The van der Waals surface area contributed by atoms with E-state index in [1.807, 2.05) is 4.90 Å². The minimum absolute atomic E-state index is 0.0670. The van der Waals surface area contributed by atoms with Gasteiger partial charge in [-0.3, -0.25) is 9.59 Å². The third-order valence-electron chi connectivity index (χ3n) is 6.36. The monoisotopic (exact) mass is 374 g/mol. The molecule has 2 aliphatic carbocycles. The van der Waals surface area contributed by atoms with Crippen molar-refractivity contribution in [2.45, 2.75) is 82.3 Å². The molecule has 1 saturated heterocycles. The molecule has 0 spiro atoms. The van der Waals surface area contributed by atoms with Crippen LogP contribution in [0.2, 0.25) is 0 Å². The molecule has 1 aromatic rings. The predicted octanol–water partition coefficient (Wildman–Crippen LogP) is 2.18. The van der Waals surface area contributed by atoms with E-state index in [-0.39, 0.29) is 35.9 Å². The molecule has 27 heavy (non-hydrogen) atoms. The predicted molar refractivity (Wildman–Crippen MR) is 100 cm³/mol. The van der Waals surface area contributed by atoms with Crippen LogP contribution < -0.4 is 11.1 Å². The molecule has 4 rings (SSSR count). The van der Waals surface area contributed by atoms with Gasteiger partial charge in [0, 0.05) is 42.6 Å². The zero-order chi connectivity index (χ0) is 19.0. The number of piperidine rings is 1. The number of rotatable bonds is 4. The zero-order valence-electron chi connectivity index (χ0n) is 16.0. The van der Waals surface area contributed by atoms with Crippen molar-refractivity contribution < 1.29 is 14.1 Å². The highest BCUT2D eigenvalue weighted by Crippen LogP contribution is 2.40. The van der Waals surface area contributed by atoms with E-state index in [1.54, 1.807) is 6.07 Å². The van der Waals surface area contributed by atoms with E-state index >= 15 is 0 Å². The lowest BCUT2D eigenvalue weighted by Gasteiger charge is -2.40. The van der Waals surface area contributed by atoms with Crippen LogP contribution in [-0.2, 0) is 4.79 Å². The molecule has 148 valence electrons. The topological polar surface area (TPSA) is 101 Å². The van der Waals surface area contributed by atoms with Crippen molar-refractivity contribution in [3.8, 4) is 0 Å². The van der Waals surface area contributed by atoms with E-state index in [0.29, 0.717) is 18.2 Å². The smallest absolute Gasteiger partial charge is 0.273 e. The number of carbonyl (C=O) groups excluding carboxylic acids is 2. The number of amides is 2. The van der Waals surface area contributed by atoms with Gasteiger partial charge in [-0.2, -0.15) is 0 Å². The molecular formula is C20H30N4O3. The molecule has 2 heterocycles. The first kappa shape index (κ1) is 18.5. The summed E-state index contributed by atoms with van der Waals surface area (Å²) < 4.78 is 5.27. The molecule has 3 fully saturated rings. The standard InChI is InChI=1S/C20H30N4O3/c1-12-10-16(22-19(25)17-11-18(27-23-17)13-2-3-13)8-9-24(12)20(26)14-4-6-15(21)7-5-14/h11-16H,2-10,21H2,1H3,(H,22,25)/t12-,14-,15-,16+/m1/s1. The Balaban J connectivity index is 1.28. The molecule has 3 N–H and O–H groups in total. The Morgan fingerprint density at radius 2 is 1.93 bits per heavy atom. The average Bonchev–Trinajstić information content (AvgIpc) is 3.38. The molecule has 0 unspecified atom stereocenters. The number of aromatic nitrogens is 1. The molecule has 0 bridgehead atoms. The van der Waals surface area contributed by atoms with Crippen LogP contribution in [0, 0.1) is 5.92 Å². The van der Waals surface area contributed by atoms with Crippen molar-refractivity contribution in [3.05, 3.63) is 17.5 Å². The van der Waals surface area contributed by atoms with E-state index in [4.69, 9.17) is 10.3 Å². The van der Waals surface area contributed by atoms with Crippen molar-refractivity contribution in [2.24, 2.45) is 11.7 Å². The van der Waals surface area contributed by atoms with Crippen LogP contribution in [0.5, 0.6) is 0 Å². The molecule has 7 heteroatoms. The van der Waals surface area contributed by atoms with Crippen molar-refractivity contribution in [1.29, 1.82) is 0 Å². The molecule has 7 nitrogen and oxygen atoms in total. The first-order valence-corrected chi connectivity index (χ1v) is 10.3. The van der Waals surface area contributed by atoms with Crippen LogP contribution in [0.4, 0.5) is 0 Å². The van der Waals surface area contributed by atoms with E-state index < -0.39 is 0 Å². The van der Waals surface area contributed by atoms with Crippen LogP contribution in [0.25, 0.3) is 0 Å². The molecule has 1 aliphatic heterocycles. The molecular weight excluding hydrogens is 344 g/mol. The summed E-state index contributed by atoms with van der Waals surface area (Å²) in [5.41, 5.74) is 6.32. The van der Waals surface area contributed by atoms with E-state index in [1.165, 1.54) is 0 Å². The Bertz CT molecular complexity index is 691. The summed E-state index contributed by atoms with van der Waals surface area (Å²) in [5.74, 6) is 1.48. The molecule has 2 atom stereocenters. The Hall–Kier alpha value is -1.89. The van der Waals surface area contributed by atoms with Crippen LogP contribution in [0.3, 0.4) is 0 Å². The Labute approximate surface area is 160 Å². The van der Waals surface area contributed by atoms with Crippen LogP contribution in [0.15, 0.2) is 10.6 Å². The normalized spacial score (nSPS) is 31.6. The lowest BCUT2D eigenvalue weighted by molar-refractivity contribution is -0.140. The summed E-state index contributed by atoms with van der Waals surface area (Å²) in [6, 6.07) is 2.22. The molecule has 0 radical (unpaired) electrons. The van der Waals surface area contributed by atoms with Gasteiger partial charge in [-0.05, 0) is 58.3 Å². The van der Waals surface area contributed by atoms with Gasteiger partial charge in [0.2, 0.25) is 5.91 Å². The van der Waals surface area contributed by atoms with Gasteiger partial charge in [0.25, 0.3) is 5.91 Å². The first-order chi connectivity index (χ1) is 13.0. The van der Waals surface area contributed by atoms with Crippen LogP contribution >= 0.6 is 0 Å². The third kappa shape index (κ3) is 4.18. The highest BCUT2D eigenvalue weighted by molar-refractivity contribution is 5.92. The SMILES string of the molecule is C[C@@H]1C[C@@H](NC(=O)c2cc(C3CC3)on2)CCN1C(=O)[C@H]1CC[C@H](N)CC1. The second kappa shape index (κ2) is 7.62. The van der Waals surface area contributed by atoms with Crippen molar-refractivity contribution in [3.63, 3.8) is 0 Å². The summed E-state index contributed by atoms with van der Waals surface area (Å²) in [4.78, 5) is 27.3. The van der Waals surface area contributed by atoms with Gasteiger partial charge < -0.3 is 20.5 Å². The number of hydrogen-bond donors (Lipinski definition) is 2. The molecule has 3 aliphatic rings. The maximum absolute atomic E-state index is 12.9. The lowest BCUT2D eigenvalue weighted by atomic mass is 9.84. The quantitative estimate of drug-likeness (QED) is 0.841. The minimum Gasteiger partial charge on any atom is -0.360 e. The highest BCUT2D eigenvalue weighted by Gasteiger charge is 2.35. The van der Waals surface area contributed by atoms with Crippen molar-refractivity contribution in [1.82, 2.24) is 15.4 Å². The molecule has 2 amide bonds. The Kier molecular flexibility index (Phi) is 5.21. The van der Waals surface area contributed by atoms with Crippen molar-refractivity contribution >= 4 is 11.8 Å². The third-order valence-corrected chi connectivity index (χ3v) is 6.36. The summed E-state index contributed by atoms with van der Waals surface area (Å²) in [6.07, 6.45) is 7.48. The number of likely N-dealkylation sites (tertiary alicyclic amines) is 1. The fourth-order valence-corrected chi connectivity index (χ4v) is 4.45. The van der Waals surface area contributed by atoms with E-state index in [0.717, 1.165) is 57.1 Å². The average molecular weight is 374 g/mol. The highest BCUT2D eigenvalue weighted by atomic mass is 16.5. The Morgan fingerprint density at radius 1 is 1.19 bits per heavy atom. The maximum Gasteiger partial charge on any atom is 0.273 e. The fraction of sp³-hybridized carbons (Fsp3) is 0.750. The first-order valence-electron chi connectivity index (χ1n) is 10.3. The zero-order valence-corrected chi connectivity index (χ0v) is 16.0. The Morgan fingerprint density at radius 3 is 2.59 bits per heavy atom. The molecule has 2 saturated carbocycles. The minimum atomic E-state index is -0.177. The molecule has 1 aromatic heterocycles. The lowest BCUT2D eigenvalue weighted by Crippen LogP contribution is -2.52. The summed E-state index contributed by atoms with van der Waals surface area (Å²) in [5, 5.41) is 6.98.